The summed E-state index contributed by atoms with van der Waals surface area (Å²) >= 11 is 0. The number of urea groups is 1. The second-order valence-corrected chi connectivity index (χ2v) is 6.43. The maximum Gasteiger partial charge on any atom is 0.335 e. The van der Waals surface area contributed by atoms with Crippen molar-refractivity contribution in [1.82, 2.24) is 9.88 Å². The van der Waals surface area contributed by atoms with Gasteiger partial charge in [0, 0.05) is 18.1 Å². The monoisotopic (exact) mass is 371 g/mol. The highest BCUT2D eigenvalue weighted by atomic mass is 16.2. The lowest BCUT2D eigenvalue weighted by atomic mass is 10.1. The van der Waals surface area contributed by atoms with Crippen LogP contribution in [-0.2, 0) is 9.59 Å². The van der Waals surface area contributed by atoms with Gasteiger partial charge in [-0.2, -0.15) is 0 Å². The Balaban J connectivity index is 1.70. The number of amides is 4. The minimum absolute atomic E-state index is 0.0892. The second kappa shape index (κ2) is 7.00. The van der Waals surface area contributed by atoms with Crippen molar-refractivity contribution in [3.63, 3.8) is 0 Å². The van der Waals surface area contributed by atoms with E-state index in [9.17, 15) is 14.4 Å². The van der Waals surface area contributed by atoms with Gasteiger partial charge < -0.3 is 4.57 Å². The lowest BCUT2D eigenvalue weighted by Crippen LogP contribution is -2.54. The zero-order chi connectivity index (χ0) is 19.7. The highest BCUT2D eigenvalue weighted by Crippen LogP contribution is 2.25. The Morgan fingerprint density at radius 3 is 2.36 bits per heavy atom. The first-order valence-electron chi connectivity index (χ1n) is 8.75. The quantitative estimate of drug-likeness (QED) is 0.566. The molecule has 2 aromatic carbocycles. The molecule has 0 atom stereocenters. The van der Waals surface area contributed by atoms with E-state index in [1.54, 1.807) is 31.2 Å². The van der Waals surface area contributed by atoms with Gasteiger partial charge in [-0.3, -0.25) is 14.9 Å². The first-order chi connectivity index (χ1) is 13.5. The molecule has 138 valence electrons. The zero-order valence-corrected chi connectivity index (χ0v) is 15.1. The van der Waals surface area contributed by atoms with Gasteiger partial charge in [-0.1, -0.05) is 36.4 Å². The van der Waals surface area contributed by atoms with Crippen molar-refractivity contribution < 1.29 is 14.4 Å². The molecule has 1 aliphatic heterocycles. The molecule has 1 N–H and O–H groups in total. The lowest BCUT2D eigenvalue weighted by Gasteiger charge is -2.27. The number of nitrogens with one attached hydrogen (secondary N) is 1. The van der Waals surface area contributed by atoms with Gasteiger partial charge in [-0.15, -0.1) is 0 Å². The minimum atomic E-state index is -0.747. The Labute approximate surface area is 161 Å². The van der Waals surface area contributed by atoms with Crippen LogP contribution in [0.1, 0.15) is 11.1 Å². The summed E-state index contributed by atoms with van der Waals surface area (Å²) in [6, 6.07) is 17.8. The van der Waals surface area contributed by atoms with Crippen molar-refractivity contribution in [3.05, 3.63) is 89.8 Å². The number of aryl methyl sites for hydroxylation is 1. The van der Waals surface area contributed by atoms with Crippen LogP contribution >= 0.6 is 0 Å². The van der Waals surface area contributed by atoms with Crippen LogP contribution in [0.4, 0.5) is 10.5 Å². The van der Waals surface area contributed by atoms with Gasteiger partial charge in [0.1, 0.15) is 5.57 Å². The van der Waals surface area contributed by atoms with E-state index in [2.05, 4.69) is 5.32 Å². The molecule has 0 unspecified atom stereocenters. The van der Waals surface area contributed by atoms with Crippen molar-refractivity contribution >= 4 is 29.6 Å². The summed E-state index contributed by atoms with van der Waals surface area (Å²) in [7, 11) is 0. The average Bonchev–Trinajstić information content (AvgIpc) is 3.16. The normalized spacial score (nSPS) is 15.8. The molecule has 1 saturated heterocycles. The summed E-state index contributed by atoms with van der Waals surface area (Å²) < 4.78 is 1.89. The van der Waals surface area contributed by atoms with Crippen LogP contribution in [0.25, 0.3) is 11.8 Å². The summed E-state index contributed by atoms with van der Waals surface area (Å²) in [5.74, 6) is -1.34. The molecule has 2 heterocycles. The number of rotatable bonds is 3. The molecule has 0 spiro atoms. The molecule has 4 rings (SSSR count). The fourth-order valence-corrected chi connectivity index (χ4v) is 3.12. The van der Waals surface area contributed by atoms with E-state index < -0.39 is 17.8 Å². The van der Waals surface area contributed by atoms with Gasteiger partial charge >= 0.3 is 6.03 Å². The SMILES string of the molecule is Cc1ccccc1N1C(=O)NC(=O)/C(=C/c2ccn(-c3ccccc3)c2)C1=O. The van der Waals surface area contributed by atoms with Crippen molar-refractivity contribution in [2.24, 2.45) is 0 Å². The zero-order valence-electron chi connectivity index (χ0n) is 15.1. The smallest absolute Gasteiger partial charge is 0.323 e. The van der Waals surface area contributed by atoms with Gasteiger partial charge in [-0.05, 0) is 48.4 Å². The third-order valence-corrected chi connectivity index (χ3v) is 4.54. The molecule has 4 amide bonds. The number of carbonyl (C=O) groups is 3. The summed E-state index contributed by atoms with van der Waals surface area (Å²) in [5, 5.41) is 2.25. The van der Waals surface area contributed by atoms with Crippen molar-refractivity contribution in [2.45, 2.75) is 6.92 Å². The van der Waals surface area contributed by atoms with Crippen molar-refractivity contribution in [1.29, 1.82) is 0 Å². The molecule has 3 aromatic rings. The Hall–Kier alpha value is -3.93. The fraction of sp³-hybridized carbons (Fsp3) is 0.0455. The predicted molar refractivity (Wildman–Crippen MR) is 106 cm³/mol. The number of anilines is 1. The van der Waals surface area contributed by atoms with Gasteiger partial charge in [0.15, 0.2) is 0 Å². The number of aromatic nitrogens is 1. The first kappa shape index (κ1) is 17.5. The average molecular weight is 371 g/mol. The fourth-order valence-electron chi connectivity index (χ4n) is 3.12. The Bertz CT molecular complexity index is 1110. The van der Waals surface area contributed by atoms with E-state index in [1.165, 1.54) is 6.08 Å². The second-order valence-electron chi connectivity index (χ2n) is 6.43. The Kier molecular flexibility index (Phi) is 4.37. The maximum absolute atomic E-state index is 12.9. The van der Waals surface area contributed by atoms with E-state index in [0.717, 1.165) is 16.2 Å². The van der Waals surface area contributed by atoms with Crippen LogP contribution in [0.3, 0.4) is 0 Å². The van der Waals surface area contributed by atoms with Crippen LogP contribution in [0.2, 0.25) is 0 Å². The van der Waals surface area contributed by atoms with Crippen LogP contribution in [0, 0.1) is 6.92 Å². The first-order valence-corrected chi connectivity index (χ1v) is 8.75. The molecular weight excluding hydrogens is 354 g/mol. The number of nitrogens with zero attached hydrogens (tertiary/aromatic N) is 2. The van der Waals surface area contributed by atoms with Gasteiger partial charge in [0.05, 0.1) is 5.69 Å². The molecule has 1 aromatic heterocycles. The molecule has 0 saturated carbocycles. The summed E-state index contributed by atoms with van der Waals surface area (Å²) in [6.45, 7) is 1.80. The lowest BCUT2D eigenvalue weighted by molar-refractivity contribution is -0.122. The molecule has 1 aliphatic rings. The Morgan fingerprint density at radius 2 is 1.61 bits per heavy atom. The predicted octanol–water partition coefficient (Wildman–Crippen LogP) is 3.45. The summed E-state index contributed by atoms with van der Waals surface area (Å²) in [6.07, 6.45) is 5.16. The number of para-hydroxylation sites is 2. The number of benzene rings is 2. The Morgan fingerprint density at radius 1 is 0.893 bits per heavy atom. The molecule has 0 radical (unpaired) electrons. The number of carbonyl (C=O) groups excluding carboxylic acids is 3. The standard InChI is InChI=1S/C22H17N3O3/c1-15-7-5-6-10-19(15)25-21(27)18(20(26)23-22(25)28)13-16-11-12-24(14-16)17-8-3-2-4-9-17/h2-14H,1H3,(H,23,26,28)/b18-13-. The summed E-state index contributed by atoms with van der Waals surface area (Å²) in [5.41, 5.74) is 2.76. The maximum atomic E-state index is 12.9. The molecule has 0 bridgehead atoms. The van der Waals surface area contributed by atoms with E-state index in [0.29, 0.717) is 11.3 Å². The van der Waals surface area contributed by atoms with Gasteiger partial charge in [-0.25, -0.2) is 9.69 Å². The topological polar surface area (TPSA) is 71.4 Å². The molecular formula is C22H17N3O3. The van der Waals surface area contributed by atoms with Crippen LogP contribution in [0.15, 0.2) is 78.6 Å². The molecule has 0 aliphatic carbocycles. The van der Waals surface area contributed by atoms with Crippen LogP contribution in [-0.4, -0.2) is 22.4 Å². The van der Waals surface area contributed by atoms with Gasteiger partial charge in [0.25, 0.3) is 11.8 Å². The number of barbiturate groups is 1. The molecule has 6 heteroatoms. The van der Waals surface area contributed by atoms with E-state index >= 15 is 0 Å². The van der Waals surface area contributed by atoms with E-state index in [4.69, 9.17) is 0 Å². The number of imide groups is 2. The molecule has 1 fully saturated rings. The highest BCUT2D eigenvalue weighted by molar-refractivity contribution is 6.39. The third kappa shape index (κ3) is 3.12. The van der Waals surface area contributed by atoms with E-state index in [-0.39, 0.29) is 5.57 Å². The number of hydrogen-bond acceptors (Lipinski definition) is 3. The van der Waals surface area contributed by atoms with Crippen LogP contribution < -0.4 is 10.2 Å². The molecule has 28 heavy (non-hydrogen) atoms. The molecule has 6 nitrogen and oxygen atoms in total. The minimum Gasteiger partial charge on any atom is -0.323 e. The number of hydrogen-bond donors (Lipinski definition) is 1. The largest absolute Gasteiger partial charge is 0.335 e. The van der Waals surface area contributed by atoms with Crippen molar-refractivity contribution in [3.8, 4) is 5.69 Å². The van der Waals surface area contributed by atoms with Crippen LogP contribution in [0.5, 0.6) is 0 Å². The van der Waals surface area contributed by atoms with E-state index in [1.807, 2.05) is 53.4 Å². The third-order valence-electron chi connectivity index (χ3n) is 4.54. The summed E-state index contributed by atoms with van der Waals surface area (Å²) in [4.78, 5) is 38.5. The highest BCUT2D eigenvalue weighted by Gasteiger charge is 2.37. The van der Waals surface area contributed by atoms with Crippen molar-refractivity contribution in [2.75, 3.05) is 4.90 Å². The van der Waals surface area contributed by atoms with Gasteiger partial charge in [0.2, 0.25) is 0 Å².